The zero-order valence-corrected chi connectivity index (χ0v) is 16.7. The topological polar surface area (TPSA) is 68.7 Å². The molecule has 2 saturated heterocycles. The molecule has 158 valence electrons. The van der Waals surface area contributed by atoms with Gasteiger partial charge in [0.15, 0.2) is 5.82 Å². The maximum Gasteiger partial charge on any atom is 0.225 e. The molecule has 2 aromatic rings. The largest absolute Gasteiger partial charge is 0.380 e. The van der Waals surface area contributed by atoms with Gasteiger partial charge < -0.3 is 24.4 Å². The Morgan fingerprint density at radius 2 is 2.14 bits per heavy atom. The summed E-state index contributed by atoms with van der Waals surface area (Å²) >= 11 is 0. The first kappa shape index (κ1) is 20.2. The van der Waals surface area contributed by atoms with E-state index in [-0.39, 0.29) is 29.7 Å². The van der Waals surface area contributed by atoms with Crippen LogP contribution >= 0.6 is 0 Å². The van der Waals surface area contributed by atoms with Crippen molar-refractivity contribution in [3.63, 3.8) is 0 Å². The van der Waals surface area contributed by atoms with Gasteiger partial charge >= 0.3 is 0 Å². The molecule has 2 fully saturated rings. The molecule has 2 aliphatic rings. The number of hydrogen-bond donors (Lipinski definition) is 1. The minimum Gasteiger partial charge on any atom is -0.380 e. The standard InChI is InChI=1S/C20H26F2N4O3/c1-3-29-17-11-28-10-16(17)23-20-24-18-14(7-12(21)8-15(18)22)19(25-20)26-6-4-5-13(9-26)27-2/h7-8,13,16-17H,3-6,9-11H2,1-2H3,(H,23,24,25)/t13-,16+,17+/m0/s1. The van der Waals surface area contributed by atoms with E-state index >= 15 is 0 Å². The first-order chi connectivity index (χ1) is 14.1. The first-order valence-electron chi connectivity index (χ1n) is 9.99. The van der Waals surface area contributed by atoms with Crippen molar-refractivity contribution in [2.24, 2.45) is 0 Å². The maximum atomic E-state index is 14.6. The number of nitrogens with zero attached hydrogens (tertiary/aromatic N) is 3. The normalized spacial score (nSPS) is 25.0. The molecule has 4 rings (SSSR count). The Morgan fingerprint density at radius 3 is 2.93 bits per heavy atom. The van der Waals surface area contributed by atoms with Crippen LogP contribution in [0.2, 0.25) is 0 Å². The van der Waals surface area contributed by atoms with Crippen molar-refractivity contribution >= 4 is 22.7 Å². The minimum atomic E-state index is -0.712. The highest BCUT2D eigenvalue weighted by Crippen LogP contribution is 2.31. The van der Waals surface area contributed by atoms with E-state index in [9.17, 15) is 8.78 Å². The Kier molecular flexibility index (Phi) is 6.07. The van der Waals surface area contributed by atoms with E-state index in [1.54, 1.807) is 7.11 Å². The lowest BCUT2D eigenvalue weighted by Crippen LogP contribution is -2.40. The number of halogens is 2. The van der Waals surface area contributed by atoms with E-state index in [1.165, 1.54) is 6.07 Å². The number of rotatable bonds is 6. The van der Waals surface area contributed by atoms with Crippen LogP contribution in [0.15, 0.2) is 12.1 Å². The summed E-state index contributed by atoms with van der Waals surface area (Å²) in [4.78, 5) is 11.0. The van der Waals surface area contributed by atoms with Crippen LogP contribution in [0.1, 0.15) is 19.8 Å². The lowest BCUT2D eigenvalue weighted by molar-refractivity contribution is 0.0477. The summed E-state index contributed by atoms with van der Waals surface area (Å²) in [6.07, 6.45) is 1.77. The summed E-state index contributed by atoms with van der Waals surface area (Å²) in [5.74, 6) is -0.584. The highest BCUT2D eigenvalue weighted by atomic mass is 19.1. The molecule has 1 aromatic carbocycles. The molecule has 0 unspecified atom stereocenters. The maximum absolute atomic E-state index is 14.6. The summed E-state index contributed by atoms with van der Waals surface area (Å²) < 4.78 is 45.2. The SMILES string of the molecule is CCO[C@@H]1COC[C@H]1Nc1nc(N2CCC[C@H](OC)C2)c2cc(F)cc(F)c2n1. The third-order valence-electron chi connectivity index (χ3n) is 5.43. The second kappa shape index (κ2) is 8.73. The van der Waals surface area contributed by atoms with E-state index < -0.39 is 11.6 Å². The number of hydrogen-bond acceptors (Lipinski definition) is 7. The highest BCUT2D eigenvalue weighted by Gasteiger charge is 2.30. The second-order valence-electron chi connectivity index (χ2n) is 7.38. The van der Waals surface area contributed by atoms with Gasteiger partial charge in [-0.1, -0.05) is 0 Å². The van der Waals surface area contributed by atoms with E-state index in [0.717, 1.165) is 25.5 Å². The number of benzene rings is 1. The fraction of sp³-hybridized carbons (Fsp3) is 0.600. The van der Waals surface area contributed by atoms with Crippen LogP contribution < -0.4 is 10.2 Å². The molecule has 29 heavy (non-hydrogen) atoms. The van der Waals surface area contributed by atoms with Crippen LogP contribution in [-0.4, -0.2) is 68.2 Å². The number of ether oxygens (including phenoxy) is 3. The molecule has 0 aliphatic carbocycles. The molecule has 0 amide bonds. The van der Waals surface area contributed by atoms with Crippen molar-refractivity contribution in [2.45, 2.75) is 38.0 Å². The number of methoxy groups -OCH3 is 1. The van der Waals surface area contributed by atoms with Crippen molar-refractivity contribution in [2.75, 3.05) is 50.2 Å². The van der Waals surface area contributed by atoms with Gasteiger partial charge in [-0.25, -0.2) is 13.8 Å². The van der Waals surface area contributed by atoms with E-state index in [2.05, 4.69) is 15.3 Å². The van der Waals surface area contributed by atoms with Crippen LogP contribution in [0.25, 0.3) is 10.9 Å². The van der Waals surface area contributed by atoms with Crippen LogP contribution in [0, 0.1) is 11.6 Å². The van der Waals surface area contributed by atoms with Crippen molar-refractivity contribution in [3.05, 3.63) is 23.8 Å². The van der Waals surface area contributed by atoms with E-state index in [0.29, 0.717) is 37.6 Å². The van der Waals surface area contributed by atoms with Gasteiger partial charge in [-0.05, 0) is 25.8 Å². The van der Waals surface area contributed by atoms with Gasteiger partial charge in [0, 0.05) is 38.3 Å². The summed E-state index contributed by atoms with van der Waals surface area (Å²) in [5.41, 5.74) is 0.0883. The molecule has 7 nitrogen and oxygen atoms in total. The zero-order valence-electron chi connectivity index (χ0n) is 16.7. The molecule has 3 atom stereocenters. The van der Waals surface area contributed by atoms with E-state index in [4.69, 9.17) is 14.2 Å². The molecule has 0 bridgehead atoms. The minimum absolute atomic E-state index is 0.0501. The molecule has 9 heteroatoms. The van der Waals surface area contributed by atoms with Crippen molar-refractivity contribution in [1.82, 2.24) is 9.97 Å². The average molecular weight is 408 g/mol. The molecule has 3 heterocycles. The van der Waals surface area contributed by atoms with Gasteiger partial charge in [0.25, 0.3) is 0 Å². The predicted octanol–water partition coefficient (Wildman–Crippen LogP) is 2.74. The van der Waals surface area contributed by atoms with Crippen LogP contribution in [0.4, 0.5) is 20.5 Å². The second-order valence-corrected chi connectivity index (χ2v) is 7.38. The molecule has 1 aromatic heterocycles. The number of anilines is 2. The smallest absolute Gasteiger partial charge is 0.225 e. The number of aromatic nitrogens is 2. The van der Waals surface area contributed by atoms with Gasteiger partial charge in [0.05, 0.1) is 25.4 Å². The lowest BCUT2D eigenvalue weighted by atomic mass is 10.1. The Balaban J connectivity index is 1.72. The van der Waals surface area contributed by atoms with Gasteiger partial charge in [-0.2, -0.15) is 4.98 Å². The lowest BCUT2D eigenvalue weighted by Gasteiger charge is -2.33. The molecule has 0 saturated carbocycles. The summed E-state index contributed by atoms with van der Waals surface area (Å²) in [5, 5.41) is 3.58. The van der Waals surface area contributed by atoms with Crippen molar-refractivity contribution in [3.8, 4) is 0 Å². The van der Waals surface area contributed by atoms with Crippen molar-refractivity contribution < 1.29 is 23.0 Å². The first-order valence-corrected chi connectivity index (χ1v) is 9.99. The number of piperidine rings is 1. The Bertz CT molecular complexity index is 869. The number of fused-ring (bicyclic) bond motifs is 1. The average Bonchev–Trinajstić information content (AvgIpc) is 3.15. The molecule has 0 spiro atoms. The van der Waals surface area contributed by atoms with Gasteiger partial charge in [-0.15, -0.1) is 0 Å². The van der Waals surface area contributed by atoms with Gasteiger partial charge in [0.1, 0.15) is 23.3 Å². The fourth-order valence-electron chi connectivity index (χ4n) is 3.98. The highest BCUT2D eigenvalue weighted by molar-refractivity contribution is 5.91. The Hall–Kier alpha value is -2.10. The molecular weight excluding hydrogens is 382 g/mol. The molecule has 0 radical (unpaired) electrons. The fourth-order valence-corrected chi connectivity index (χ4v) is 3.98. The molecule has 2 aliphatic heterocycles. The van der Waals surface area contributed by atoms with Crippen LogP contribution in [0.3, 0.4) is 0 Å². The Labute approximate surface area is 168 Å². The predicted molar refractivity (Wildman–Crippen MR) is 105 cm³/mol. The monoisotopic (exact) mass is 408 g/mol. The summed E-state index contributed by atoms with van der Waals surface area (Å²) in [6.45, 7) is 4.75. The zero-order chi connectivity index (χ0) is 20.4. The summed E-state index contributed by atoms with van der Waals surface area (Å²) in [7, 11) is 1.67. The van der Waals surface area contributed by atoms with Crippen LogP contribution in [0.5, 0.6) is 0 Å². The van der Waals surface area contributed by atoms with Crippen LogP contribution in [-0.2, 0) is 14.2 Å². The third-order valence-corrected chi connectivity index (χ3v) is 5.43. The van der Waals surface area contributed by atoms with Gasteiger partial charge in [0.2, 0.25) is 5.95 Å². The number of nitrogens with one attached hydrogen (secondary N) is 1. The van der Waals surface area contributed by atoms with E-state index in [1.807, 2.05) is 11.8 Å². The van der Waals surface area contributed by atoms with Crippen molar-refractivity contribution in [1.29, 1.82) is 0 Å². The molecular formula is C20H26F2N4O3. The van der Waals surface area contributed by atoms with Gasteiger partial charge in [-0.3, -0.25) is 0 Å². The Morgan fingerprint density at radius 1 is 1.28 bits per heavy atom. The quantitative estimate of drug-likeness (QED) is 0.788. The molecule has 1 N–H and O–H groups in total. The third kappa shape index (κ3) is 4.26. The summed E-state index contributed by atoms with van der Waals surface area (Å²) in [6, 6.07) is 1.99.